The van der Waals surface area contributed by atoms with Gasteiger partial charge >= 0.3 is 0 Å². The molecular formula is C17H17N5. The maximum absolute atomic E-state index is 8.58. The molecule has 0 atom stereocenters. The maximum Gasteiger partial charge on any atom is 0.205 e. The normalized spacial score (nSPS) is 16.9. The van der Waals surface area contributed by atoms with E-state index in [1.807, 2.05) is 40.1 Å². The van der Waals surface area contributed by atoms with E-state index in [2.05, 4.69) is 22.1 Å². The first kappa shape index (κ1) is 13.0. The van der Waals surface area contributed by atoms with Crippen LogP contribution in [0.25, 0.3) is 0 Å². The molecule has 0 bridgehead atoms. The third-order valence-corrected chi connectivity index (χ3v) is 4.04. The van der Waals surface area contributed by atoms with Gasteiger partial charge in [-0.05, 0) is 24.1 Å². The highest BCUT2D eigenvalue weighted by Gasteiger charge is 2.34. The van der Waals surface area contributed by atoms with Crippen LogP contribution in [0, 0.1) is 5.41 Å². The molecule has 0 saturated heterocycles. The molecule has 1 aromatic carbocycles. The zero-order valence-corrected chi connectivity index (χ0v) is 12.2. The van der Waals surface area contributed by atoms with Gasteiger partial charge in [0, 0.05) is 19.3 Å². The van der Waals surface area contributed by atoms with Gasteiger partial charge in [-0.25, -0.2) is 4.98 Å². The molecule has 0 amide bonds. The van der Waals surface area contributed by atoms with Gasteiger partial charge in [0.25, 0.3) is 0 Å². The fourth-order valence-electron chi connectivity index (χ4n) is 2.99. The summed E-state index contributed by atoms with van der Waals surface area (Å²) >= 11 is 0. The number of rotatable bonds is 2. The number of nitrogens with one attached hydrogen (secondary N) is 1. The summed E-state index contributed by atoms with van der Waals surface area (Å²) in [6, 6.07) is 14.2. The summed E-state index contributed by atoms with van der Waals surface area (Å²) in [7, 11) is 0. The Bertz CT molecular complexity index is 738. The first-order chi connectivity index (χ1) is 10.8. The van der Waals surface area contributed by atoms with E-state index < -0.39 is 0 Å². The van der Waals surface area contributed by atoms with Crippen molar-refractivity contribution in [1.29, 1.82) is 5.41 Å². The van der Waals surface area contributed by atoms with E-state index in [9.17, 15) is 0 Å². The summed E-state index contributed by atoms with van der Waals surface area (Å²) in [5.74, 6) is 2.19. The maximum atomic E-state index is 8.58. The second-order valence-electron chi connectivity index (χ2n) is 5.48. The number of amidine groups is 1. The van der Waals surface area contributed by atoms with Gasteiger partial charge in [-0.2, -0.15) is 0 Å². The van der Waals surface area contributed by atoms with E-state index in [0.29, 0.717) is 12.5 Å². The van der Waals surface area contributed by atoms with Crippen molar-refractivity contribution >= 4 is 17.6 Å². The molecule has 5 heteroatoms. The average molecular weight is 291 g/mol. The van der Waals surface area contributed by atoms with Crippen LogP contribution in [0.4, 0.5) is 5.82 Å². The number of fused-ring (bicyclic) bond motifs is 3. The Kier molecular flexibility index (Phi) is 3.11. The number of pyridine rings is 1. The van der Waals surface area contributed by atoms with Gasteiger partial charge in [-0.3, -0.25) is 20.2 Å². The third-order valence-electron chi connectivity index (χ3n) is 4.04. The minimum atomic E-state index is 0.466. The Labute approximate surface area is 129 Å². The molecule has 0 radical (unpaired) electrons. The molecule has 2 aromatic rings. The van der Waals surface area contributed by atoms with Crippen LogP contribution in [0.5, 0.6) is 0 Å². The van der Waals surface area contributed by atoms with Gasteiger partial charge < -0.3 is 0 Å². The molecule has 0 unspecified atom stereocenters. The Morgan fingerprint density at radius 3 is 2.82 bits per heavy atom. The highest BCUT2D eigenvalue weighted by Crippen LogP contribution is 2.29. The molecule has 1 N–H and O–H groups in total. The van der Waals surface area contributed by atoms with E-state index in [1.54, 1.807) is 6.20 Å². The molecule has 0 aliphatic carbocycles. The smallest absolute Gasteiger partial charge is 0.205 e. The Morgan fingerprint density at radius 2 is 1.95 bits per heavy atom. The number of aliphatic imine (C=N–C) groups is 1. The standard InChI is InChI=1S/C17H17N5/c18-17-21-11-5-10-20-15(21)14-8-4-9-19-16(14)22(17)12-13-6-2-1-3-7-13/h1-4,6-9,18H,5,10-12H2. The lowest BCUT2D eigenvalue weighted by Gasteiger charge is -2.40. The second-order valence-corrected chi connectivity index (χ2v) is 5.48. The molecule has 0 saturated carbocycles. The van der Waals surface area contributed by atoms with Crippen LogP contribution in [0.2, 0.25) is 0 Å². The van der Waals surface area contributed by atoms with Crippen molar-refractivity contribution in [1.82, 2.24) is 9.88 Å². The summed E-state index contributed by atoms with van der Waals surface area (Å²) < 4.78 is 0. The highest BCUT2D eigenvalue weighted by atomic mass is 15.4. The fourth-order valence-corrected chi connectivity index (χ4v) is 2.99. The van der Waals surface area contributed by atoms with Gasteiger partial charge in [-0.1, -0.05) is 30.3 Å². The summed E-state index contributed by atoms with van der Waals surface area (Å²) in [5.41, 5.74) is 2.19. The summed E-state index contributed by atoms with van der Waals surface area (Å²) in [6.45, 7) is 2.32. The van der Waals surface area contributed by atoms with Gasteiger partial charge in [-0.15, -0.1) is 0 Å². The molecule has 2 aliphatic heterocycles. The highest BCUT2D eigenvalue weighted by molar-refractivity contribution is 6.19. The SMILES string of the molecule is N=C1N2CCCN=C2c2cccnc2N1Cc1ccccc1. The Morgan fingerprint density at radius 1 is 1.09 bits per heavy atom. The Hall–Kier alpha value is -2.69. The molecule has 3 heterocycles. The van der Waals surface area contributed by atoms with Crippen molar-refractivity contribution in [2.45, 2.75) is 13.0 Å². The minimum Gasteiger partial charge on any atom is -0.296 e. The van der Waals surface area contributed by atoms with E-state index in [-0.39, 0.29) is 0 Å². The number of benzene rings is 1. The quantitative estimate of drug-likeness (QED) is 0.925. The Balaban J connectivity index is 1.79. The number of hydrogen-bond acceptors (Lipinski definition) is 3. The molecule has 22 heavy (non-hydrogen) atoms. The predicted octanol–water partition coefficient (Wildman–Crippen LogP) is 2.49. The van der Waals surface area contributed by atoms with Crippen molar-refractivity contribution < 1.29 is 0 Å². The van der Waals surface area contributed by atoms with Crippen LogP contribution in [0.15, 0.2) is 53.7 Å². The van der Waals surface area contributed by atoms with Gasteiger partial charge in [0.15, 0.2) is 0 Å². The van der Waals surface area contributed by atoms with Gasteiger partial charge in [0.2, 0.25) is 5.96 Å². The molecule has 110 valence electrons. The minimum absolute atomic E-state index is 0.466. The topological polar surface area (TPSA) is 55.6 Å². The van der Waals surface area contributed by atoms with E-state index in [0.717, 1.165) is 36.7 Å². The number of nitrogens with zero attached hydrogens (tertiary/aromatic N) is 4. The van der Waals surface area contributed by atoms with Crippen molar-refractivity contribution in [2.24, 2.45) is 4.99 Å². The molecule has 0 spiro atoms. The first-order valence-electron chi connectivity index (χ1n) is 7.52. The summed E-state index contributed by atoms with van der Waals surface area (Å²) in [4.78, 5) is 13.1. The molecule has 0 fully saturated rings. The van der Waals surface area contributed by atoms with Crippen LogP contribution < -0.4 is 4.90 Å². The number of aromatic nitrogens is 1. The first-order valence-corrected chi connectivity index (χ1v) is 7.52. The lowest BCUT2D eigenvalue weighted by atomic mass is 10.1. The largest absolute Gasteiger partial charge is 0.296 e. The van der Waals surface area contributed by atoms with Crippen LogP contribution in [-0.4, -0.2) is 34.8 Å². The fraction of sp³-hybridized carbons (Fsp3) is 0.235. The number of guanidine groups is 1. The van der Waals surface area contributed by atoms with Crippen molar-refractivity contribution in [3.8, 4) is 0 Å². The summed E-state index contributed by atoms with van der Waals surface area (Å²) in [6.07, 6.45) is 2.77. The zero-order chi connectivity index (χ0) is 14.9. The van der Waals surface area contributed by atoms with Crippen LogP contribution in [0.1, 0.15) is 17.5 Å². The van der Waals surface area contributed by atoms with Gasteiger partial charge in [0.05, 0.1) is 12.1 Å². The van der Waals surface area contributed by atoms with Crippen LogP contribution in [-0.2, 0) is 6.54 Å². The van der Waals surface area contributed by atoms with Gasteiger partial charge in [0.1, 0.15) is 11.7 Å². The second kappa shape index (κ2) is 5.26. The van der Waals surface area contributed by atoms with E-state index in [1.165, 1.54) is 5.56 Å². The molecule has 4 rings (SSSR count). The summed E-state index contributed by atoms with van der Waals surface area (Å²) in [5, 5.41) is 8.58. The van der Waals surface area contributed by atoms with Crippen LogP contribution in [0.3, 0.4) is 0 Å². The van der Waals surface area contributed by atoms with Crippen LogP contribution >= 0.6 is 0 Å². The van der Waals surface area contributed by atoms with Crippen molar-refractivity contribution in [3.05, 3.63) is 59.8 Å². The molecular weight excluding hydrogens is 274 g/mol. The molecule has 1 aromatic heterocycles. The van der Waals surface area contributed by atoms with E-state index in [4.69, 9.17) is 5.41 Å². The van der Waals surface area contributed by atoms with Crippen molar-refractivity contribution in [2.75, 3.05) is 18.0 Å². The third kappa shape index (κ3) is 2.06. The van der Waals surface area contributed by atoms with Crippen molar-refractivity contribution in [3.63, 3.8) is 0 Å². The number of anilines is 1. The average Bonchev–Trinajstić information content (AvgIpc) is 2.59. The lowest BCUT2D eigenvalue weighted by Crippen LogP contribution is -2.53. The monoisotopic (exact) mass is 291 g/mol. The molecule has 5 nitrogen and oxygen atoms in total. The zero-order valence-electron chi connectivity index (χ0n) is 12.2. The van der Waals surface area contributed by atoms with E-state index >= 15 is 0 Å². The molecule has 2 aliphatic rings. The number of hydrogen-bond donors (Lipinski definition) is 1. The lowest BCUT2D eigenvalue weighted by molar-refractivity contribution is 0.527. The predicted molar refractivity (Wildman–Crippen MR) is 87.3 cm³/mol.